The number of nitrogens with two attached hydrogens (primary N) is 1. The molecule has 0 amide bonds. The number of benzene rings is 1. The van der Waals surface area contributed by atoms with E-state index in [1.54, 1.807) is 11.9 Å². The average Bonchev–Trinajstić information content (AvgIpc) is 2.22. The number of rotatable bonds is 5. The van der Waals surface area contributed by atoms with Crippen LogP contribution < -0.4 is 10.6 Å². The van der Waals surface area contributed by atoms with Crippen LogP contribution in [0.1, 0.15) is 12.8 Å². The van der Waals surface area contributed by atoms with Gasteiger partial charge in [0.1, 0.15) is 11.6 Å². The van der Waals surface area contributed by atoms with E-state index >= 15 is 0 Å². The Morgan fingerprint density at radius 1 is 1.27 bits per heavy atom. The zero-order chi connectivity index (χ0) is 11.3. The predicted molar refractivity (Wildman–Crippen MR) is 57.9 cm³/mol. The first-order valence-electron chi connectivity index (χ1n) is 5.01. The first-order chi connectivity index (χ1) is 7.15. The zero-order valence-electron chi connectivity index (χ0n) is 8.84. The van der Waals surface area contributed by atoms with Crippen LogP contribution in [0.4, 0.5) is 14.5 Å². The third kappa shape index (κ3) is 3.47. The molecule has 0 bridgehead atoms. The quantitative estimate of drug-likeness (QED) is 0.761. The van der Waals surface area contributed by atoms with Crippen molar-refractivity contribution in [2.75, 3.05) is 25.0 Å². The molecule has 0 aliphatic heterocycles. The lowest BCUT2D eigenvalue weighted by atomic mass is 10.2. The number of nitrogens with zero attached hydrogens (tertiary/aromatic N) is 1. The van der Waals surface area contributed by atoms with Crippen LogP contribution in [-0.2, 0) is 0 Å². The van der Waals surface area contributed by atoms with Crippen molar-refractivity contribution in [2.24, 2.45) is 5.73 Å². The lowest BCUT2D eigenvalue weighted by Crippen LogP contribution is -2.20. The molecule has 0 aliphatic carbocycles. The Hall–Kier alpha value is -1.16. The summed E-state index contributed by atoms with van der Waals surface area (Å²) in [6.45, 7) is 1.30. The molecule has 0 atom stereocenters. The van der Waals surface area contributed by atoms with Crippen LogP contribution in [0.3, 0.4) is 0 Å². The van der Waals surface area contributed by atoms with E-state index in [1.165, 1.54) is 6.07 Å². The highest BCUT2D eigenvalue weighted by molar-refractivity contribution is 5.47. The van der Waals surface area contributed by atoms with Crippen molar-refractivity contribution < 1.29 is 8.78 Å². The summed E-state index contributed by atoms with van der Waals surface area (Å²) in [5.41, 5.74) is 5.65. The Bertz CT molecular complexity index is 315. The smallest absolute Gasteiger partial charge is 0.146 e. The molecule has 1 aromatic rings. The summed E-state index contributed by atoms with van der Waals surface area (Å²) in [6.07, 6.45) is 1.77. The van der Waals surface area contributed by atoms with E-state index < -0.39 is 11.6 Å². The summed E-state index contributed by atoms with van der Waals surface area (Å²) >= 11 is 0. The minimum Gasteiger partial charge on any atom is -0.372 e. The van der Waals surface area contributed by atoms with Gasteiger partial charge in [-0.1, -0.05) is 0 Å². The monoisotopic (exact) mass is 214 g/mol. The summed E-state index contributed by atoms with van der Waals surface area (Å²) in [6, 6.07) is 3.47. The highest BCUT2D eigenvalue weighted by Crippen LogP contribution is 2.19. The van der Waals surface area contributed by atoms with Gasteiger partial charge < -0.3 is 10.6 Å². The maximum Gasteiger partial charge on any atom is 0.146 e. The van der Waals surface area contributed by atoms with Gasteiger partial charge in [0.2, 0.25) is 0 Å². The normalized spacial score (nSPS) is 10.4. The van der Waals surface area contributed by atoms with Crippen LogP contribution in [0.5, 0.6) is 0 Å². The summed E-state index contributed by atoms with van der Waals surface area (Å²) in [7, 11) is 1.74. The van der Waals surface area contributed by atoms with Crippen molar-refractivity contribution >= 4 is 5.69 Å². The van der Waals surface area contributed by atoms with E-state index in [1.807, 2.05) is 0 Å². The molecular formula is C11H16F2N2. The minimum absolute atomic E-state index is 0.298. The van der Waals surface area contributed by atoms with Crippen LogP contribution in [0.25, 0.3) is 0 Å². The number of unbranched alkanes of at least 4 members (excludes halogenated alkanes) is 1. The van der Waals surface area contributed by atoms with Gasteiger partial charge >= 0.3 is 0 Å². The summed E-state index contributed by atoms with van der Waals surface area (Å²) < 4.78 is 26.2. The fraction of sp³-hybridized carbons (Fsp3) is 0.455. The second-order valence-corrected chi connectivity index (χ2v) is 3.51. The second kappa shape index (κ2) is 5.66. The molecular weight excluding hydrogens is 198 g/mol. The van der Waals surface area contributed by atoms with Gasteiger partial charge in [-0.3, -0.25) is 0 Å². The second-order valence-electron chi connectivity index (χ2n) is 3.51. The van der Waals surface area contributed by atoms with Gasteiger partial charge in [0.25, 0.3) is 0 Å². The summed E-state index contributed by atoms with van der Waals surface area (Å²) in [5, 5.41) is 0. The maximum atomic E-state index is 13.3. The topological polar surface area (TPSA) is 29.3 Å². The first-order valence-corrected chi connectivity index (χ1v) is 5.01. The van der Waals surface area contributed by atoms with Gasteiger partial charge in [-0.25, -0.2) is 8.78 Å². The van der Waals surface area contributed by atoms with E-state index in [4.69, 9.17) is 5.73 Å². The number of hydrogen-bond donors (Lipinski definition) is 1. The van der Waals surface area contributed by atoms with E-state index in [0.29, 0.717) is 18.8 Å². The van der Waals surface area contributed by atoms with E-state index in [-0.39, 0.29) is 0 Å². The molecule has 0 saturated heterocycles. The fourth-order valence-electron chi connectivity index (χ4n) is 1.39. The van der Waals surface area contributed by atoms with Gasteiger partial charge in [0.15, 0.2) is 0 Å². The molecule has 0 aliphatic rings. The molecule has 15 heavy (non-hydrogen) atoms. The SMILES string of the molecule is CN(CCCCN)c1cc(F)ccc1F. The van der Waals surface area contributed by atoms with Crippen molar-refractivity contribution in [2.45, 2.75) is 12.8 Å². The molecule has 0 fully saturated rings. The lowest BCUT2D eigenvalue weighted by Gasteiger charge is -2.19. The molecule has 0 heterocycles. The molecule has 1 aromatic carbocycles. The standard InChI is InChI=1S/C11H16F2N2/c1-15(7-3-2-6-14)11-8-9(12)4-5-10(11)13/h4-5,8H,2-3,6-7,14H2,1H3. The van der Waals surface area contributed by atoms with Crippen LogP contribution >= 0.6 is 0 Å². The van der Waals surface area contributed by atoms with Crippen molar-refractivity contribution in [3.05, 3.63) is 29.8 Å². The Kier molecular flexibility index (Phi) is 4.49. The third-order valence-electron chi connectivity index (χ3n) is 2.27. The largest absolute Gasteiger partial charge is 0.372 e. The molecule has 0 saturated carbocycles. The Morgan fingerprint density at radius 2 is 2.00 bits per heavy atom. The van der Waals surface area contributed by atoms with Crippen LogP contribution in [0.15, 0.2) is 18.2 Å². The van der Waals surface area contributed by atoms with Crippen LogP contribution in [-0.4, -0.2) is 20.1 Å². The van der Waals surface area contributed by atoms with Gasteiger partial charge in [0.05, 0.1) is 5.69 Å². The maximum absolute atomic E-state index is 13.3. The minimum atomic E-state index is -0.419. The van der Waals surface area contributed by atoms with Gasteiger partial charge in [-0.05, 0) is 31.5 Å². The average molecular weight is 214 g/mol. The van der Waals surface area contributed by atoms with Crippen LogP contribution in [0, 0.1) is 11.6 Å². The molecule has 2 nitrogen and oxygen atoms in total. The van der Waals surface area contributed by atoms with Gasteiger partial charge in [-0.15, -0.1) is 0 Å². The van der Waals surface area contributed by atoms with Crippen molar-refractivity contribution in [3.8, 4) is 0 Å². The lowest BCUT2D eigenvalue weighted by molar-refractivity contribution is 0.594. The van der Waals surface area contributed by atoms with Crippen LogP contribution in [0.2, 0.25) is 0 Å². The van der Waals surface area contributed by atoms with E-state index in [9.17, 15) is 8.78 Å². The molecule has 0 unspecified atom stereocenters. The van der Waals surface area contributed by atoms with Crippen molar-refractivity contribution in [3.63, 3.8) is 0 Å². The summed E-state index contributed by atoms with van der Waals surface area (Å²) in [5.74, 6) is -0.816. The molecule has 2 N–H and O–H groups in total. The van der Waals surface area contributed by atoms with Crippen molar-refractivity contribution in [1.29, 1.82) is 0 Å². The Morgan fingerprint density at radius 3 is 2.67 bits per heavy atom. The molecule has 1 rings (SSSR count). The fourth-order valence-corrected chi connectivity index (χ4v) is 1.39. The zero-order valence-corrected chi connectivity index (χ0v) is 8.84. The van der Waals surface area contributed by atoms with Gasteiger partial charge in [0, 0.05) is 19.7 Å². The van der Waals surface area contributed by atoms with Crippen molar-refractivity contribution in [1.82, 2.24) is 0 Å². The summed E-state index contributed by atoms with van der Waals surface area (Å²) in [4.78, 5) is 1.70. The first kappa shape index (κ1) is 11.9. The molecule has 84 valence electrons. The molecule has 0 radical (unpaired) electrons. The molecule has 0 spiro atoms. The highest BCUT2D eigenvalue weighted by Gasteiger charge is 2.07. The predicted octanol–water partition coefficient (Wildman–Crippen LogP) is 2.14. The number of halogens is 2. The Balaban J connectivity index is 2.64. The Labute approximate surface area is 88.7 Å². The number of hydrogen-bond acceptors (Lipinski definition) is 2. The van der Waals surface area contributed by atoms with Gasteiger partial charge in [-0.2, -0.15) is 0 Å². The molecule has 4 heteroatoms. The molecule has 0 aromatic heterocycles. The highest BCUT2D eigenvalue weighted by atomic mass is 19.1. The van der Waals surface area contributed by atoms with E-state index in [0.717, 1.165) is 25.0 Å². The third-order valence-corrected chi connectivity index (χ3v) is 2.27. The number of anilines is 1. The van der Waals surface area contributed by atoms with E-state index in [2.05, 4.69) is 0 Å².